The van der Waals surface area contributed by atoms with Crippen LogP contribution >= 0.6 is 0 Å². The predicted molar refractivity (Wildman–Crippen MR) is 118 cm³/mol. The maximum atomic E-state index is 6.07. The molecule has 0 fully saturated rings. The van der Waals surface area contributed by atoms with Crippen LogP contribution in [-0.2, 0) is 0 Å². The van der Waals surface area contributed by atoms with Gasteiger partial charge in [-0.15, -0.1) is 0 Å². The van der Waals surface area contributed by atoms with Crippen LogP contribution in [0.2, 0.25) is 0 Å². The molecule has 0 aromatic heterocycles. The molecule has 1 nitrogen and oxygen atoms in total. The summed E-state index contributed by atoms with van der Waals surface area (Å²) in [5.74, 6) is 0.936. The minimum absolute atomic E-state index is 0.745. The number of hydrogen-bond donors (Lipinski definition) is 0. The first kappa shape index (κ1) is 18.7. The summed E-state index contributed by atoms with van der Waals surface area (Å²) in [5, 5.41) is 0. The minimum atomic E-state index is 0.745. The predicted octanol–water partition coefficient (Wildman–Crippen LogP) is 7.21. The van der Waals surface area contributed by atoms with Crippen LogP contribution in [0, 0.1) is 0 Å². The molecular weight excluding hydrogens is 328 g/mol. The topological polar surface area (TPSA) is 9.23 Å². The van der Waals surface area contributed by atoms with E-state index < -0.39 is 0 Å². The second kappa shape index (κ2) is 10.2. The van der Waals surface area contributed by atoms with Gasteiger partial charge < -0.3 is 4.74 Å². The molecule has 0 bridgehead atoms. The van der Waals surface area contributed by atoms with Crippen molar-refractivity contribution in [1.29, 1.82) is 0 Å². The molecular formula is C26H26O. The van der Waals surface area contributed by atoms with E-state index in [1.54, 1.807) is 0 Å². The Labute approximate surface area is 162 Å². The van der Waals surface area contributed by atoms with Gasteiger partial charge >= 0.3 is 0 Å². The molecule has 0 saturated carbocycles. The second-order valence-electron chi connectivity index (χ2n) is 6.45. The van der Waals surface area contributed by atoms with Crippen molar-refractivity contribution in [3.63, 3.8) is 0 Å². The number of rotatable bonds is 8. The molecule has 27 heavy (non-hydrogen) atoms. The third-order valence-corrected chi connectivity index (χ3v) is 4.35. The van der Waals surface area contributed by atoms with E-state index in [1.165, 1.54) is 11.1 Å². The van der Waals surface area contributed by atoms with E-state index in [0.29, 0.717) is 0 Å². The fourth-order valence-electron chi connectivity index (χ4n) is 2.83. The van der Waals surface area contributed by atoms with Crippen molar-refractivity contribution in [3.05, 3.63) is 101 Å². The zero-order valence-corrected chi connectivity index (χ0v) is 15.8. The number of hydrogen-bond acceptors (Lipinski definition) is 1. The van der Waals surface area contributed by atoms with E-state index in [-0.39, 0.29) is 0 Å². The normalized spacial score (nSPS) is 11.3. The highest BCUT2D eigenvalue weighted by molar-refractivity contribution is 5.82. The number of benzene rings is 3. The van der Waals surface area contributed by atoms with Gasteiger partial charge in [0.25, 0.3) is 0 Å². The molecule has 0 N–H and O–H groups in total. The molecule has 3 aromatic carbocycles. The summed E-state index contributed by atoms with van der Waals surface area (Å²) < 4.78 is 6.07. The Morgan fingerprint density at radius 2 is 1.30 bits per heavy atom. The first-order valence-electron chi connectivity index (χ1n) is 9.59. The van der Waals surface area contributed by atoms with Crippen molar-refractivity contribution >= 4 is 24.3 Å². The molecule has 136 valence electrons. The van der Waals surface area contributed by atoms with E-state index in [9.17, 15) is 0 Å². The van der Waals surface area contributed by atoms with Gasteiger partial charge in [-0.1, -0.05) is 110 Å². The van der Waals surface area contributed by atoms with Crippen molar-refractivity contribution in [2.45, 2.75) is 19.8 Å². The summed E-state index contributed by atoms with van der Waals surface area (Å²) in [5.41, 5.74) is 4.64. The lowest BCUT2D eigenvalue weighted by atomic mass is 10.0. The average Bonchev–Trinajstić information content (AvgIpc) is 2.73. The van der Waals surface area contributed by atoms with E-state index in [4.69, 9.17) is 4.74 Å². The first-order valence-corrected chi connectivity index (χ1v) is 9.59. The second-order valence-corrected chi connectivity index (χ2v) is 6.45. The monoisotopic (exact) mass is 354 g/mol. The summed E-state index contributed by atoms with van der Waals surface area (Å²) in [6, 6.07) is 27.0. The molecule has 0 aliphatic heterocycles. The maximum absolute atomic E-state index is 6.07. The highest BCUT2D eigenvalue weighted by Gasteiger charge is 2.05. The molecule has 0 aliphatic carbocycles. The van der Waals surface area contributed by atoms with Gasteiger partial charge in [-0.05, 0) is 29.2 Å². The van der Waals surface area contributed by atoms with E-state index >= 15 is 0 Å². The molecule has 1 heteroatoms. The van der Waals surface area contributed by atoms with Gasteiger partial charge in [0.2, 0.25) is 0 Å². The SMILES string of the molecule is CCCCOc1cccc(C=Cc2ccccc2)c1C=Cc1ccccc1. The third kappa shape index (κ3) is 5.72. The zero-order valence-electron chi connectivity index (χ0n) is 15.8. The number of ether oxygens (including phenoxy) is 1. The van der Waals surface area contributed by atoms with Crippen LogP contribution in [0.25, 0.3) is 24.3 Å². The Hall–Kier alpha value is -3.06. The summed E-state index contributed by atoms with van der Waals surface area (Å²) in [4.78, 5) is 0. The van der Waals surface area contributed by atoms with Crippen molar-refractivity contribution in [2.24, 2.45) is 0 Å². The number of unbranched alkanes of at least 4 members (excludes halogenated alkanes) is 1. The van der Waals surface area contributed by atoms with Crippen molar-refractivity contribution in [2.75, 3.05) is 6.61 Å². The first-order chi connectivity index (χ1) is 13.4. The van der Waals surface area contributed by atoms with Crippen molar-refractivity contribution in [3.8, 4) is 5.75 Å². The van der Waals surface area contributed by atoms with Gasteiger partial charge in [0, 0.05) is 5.56 Å². The van der Waals surface area contributed by atoms with Gasteiger partial charge in [-0.25, -0.2) is 0 Å². The summed E-state index contributed by atoms with van der Waals surface area (Å²) in [6.45, 7) is 2.92. The standard InChI is InChI=1S/C26H26O/c1-2-3-21-27-26-16-10-15-24(19-17-22-11-6-4-7-12-22)25(26)20-18-23-13-8-5-9-14-23/h4-20H,2-3,21H2,1H3. The van der Waals surface area contributed by atoms with Crippen LogP contribution in [0.5, 0.6) is 5.75 Å². The lowest BCUT2D eigenvalue weighted by Gasteiger charge is -2.11. The van der Waals surface area contributed by atoms with Crippen molar-refractivity contribution in [1.82, 2.24) is 0 Å². The Bertz CT molecular complexity index is 877. The maximum Gasteiger partial charge on any atom is 0.127 e. The Balaban J connectivity index is 1.92. The summed E-state index contributed by atoms with van der Waals surface area (Å²) >= 11 is 0. The van der Waals surface area contributed by atoms with Crippen LogP contribution in [0.3, 0.4) is 0 Å². The molecule has 0 saturated heterocycles. The Kier molecular flexibility index (Phi) is 7.06. The van der Waals surface area contributed by atoms with Gasteiger partial charge in [0.1, 0.15) is 5.75 Å². The Morgan fingerprint density at radius 3 is 1.93 bits per heavy atom. The van der Waals surface area contributed by atoms with Crippen LogP contribution < -0.4 is 4.74 Å². The molecule has 0 aliphatic rings. The van der Waals surface area contributed by atoms with Crippen LogP contribution in [-0.4, -0.2) is 6.61 Å². The molecule has 0 radical (unpaired) electrons. The summed E-state index contributed by atoms with van der Waals surface area (Å²) in [7, 11) is 0. The average molecular weight is 354 g/mol. The molecule has 3 rings (SSSR count). The van der Waals surface area contributed by atoms with E-state index in [2.05, 4.69) is 98.0 Å². The lowest BCUT2D eigenvalue weighted by Crippen LogP contribution is -1.99. The van der Waals surface area contributed by atoms with E-state index in [1.807, 2.05) is 12.1 Å². The summed E-state index contributed by atoms with van der Waals surface area (Å²) in [6.07, 6.45) is 10.8. The molecule has 3 aromatic rings. The minimum Gasteiger partial charge on any atom is -0.493 e. The van der Waals surface area contributed by atoms with Gasteiger partial charge in [-0.2, -0.15) is 0 Å². The van der Waals surface area contributed by atoms with Crippen LogP contribution in [0.4, 0.5) is 0 Å². The molecule has 0 unspecified atom stereocenters. The molecule has 0 spiro atoms. The highest BCUT2D eigenvalue weighted by Crippen LogP contribution is 2.27. The van der Waals surface area contributed by atoms with Gasteiger partial charge in [0.15, 0.2) is 0 Å². The highest BCUT2D eigenvalue weighted by atomic mass is 16.5. The van der Waals surface area contributed by atoms with Crippen molar-refractivity contribution < 1.29 is 4.74 Å². The fourth-order valence-corrected chi connectivity index (χ4v) is 2.83. The Morgan fingerprint density at radius 1 is 0.667 bits per heavy atom. The van der Waals surface area contributed by atoms with Gasteiger partial charge in [-0.3, -0.25) is 0 Å². The fraction of sp³-hybridized carbons (Fsp3) is 0.154. The smallest absolute Gasteiger partial charge is 0.127 e. The van der Waals surface area contributed by atoms with Gasteiger partial charge in [0.05, 0.1) is 6.61 Å². The van der Waals surface area contributed by atoms with Crippen LogP contribution in [0.15, 0.2) is 78.9 Å². The zero-order chi connectivity index (χ0) is 18.7. The lowest BCUT2D eigenvalue weighted by molar-refractivity contribution is 0.309. The molecule has 0 heterocycles. The van der Waals surface area contributed by atoms with Crippen LogP contribution in [0.1, 0.15) is 42.0 Å². The third-order valence-electron chi connectivity index (χ3n) is 4.35. The molecule has 0 atom stereocenters. The molecule has 0 amide bonds. The van der Waals surface area contributed by atoms with E-state index in [0.717, 1.165) is 36.3 Å². The quantitative estimate of drug-likeness (QED) is 0.307. The largest absolute Gasteiger partial charge is 0.493 e.